The summed E-state index contributed by atoms with van der Waals surface area (Å²) in [6.45, 7) is 1.45. The Bertz CT molecular complexity index is 757. The van der Waals surface area contributed by atoms with Crippen LogP contribution < -0.4 is 0 Å². The first-order chi connectivity index (χ1) is 11.5. The molecule has 0 amide bonds. The lowest BCUT2D eigenvalue weighted by molar-refractivity contribution is -0.137. The van der Waals surface area contributed by atoms with Gasteiger partial charge < -0.3 is 4.74 Å². The number of aromatic nitrogens is 3. The largest absolute Gasteiger partial charge is 0.417 e. The molecule has 2 heterocycles. The van der Waals surface area contributed by atoms with Crippen molar-refractivity contribution in [3.63, 3.8) is 0 Å². The number of nitrogens with zero attached hydrogens (tertiary/aromatic N) is 4. The molecule has 126 valence electrons. The Hall–Kier alpha value is -2.40. The summed E-state index contributed by atoms with van der Waals surface area (Å²) in [5.74, 6) is 0.454. The summed E-state index contributed by atoms with van der Waals surface area (Å²) in [5.41, 5.74) is -0.412. The summed E-state index contributed by atoms with van der Waals surface area (Å²) in [7, 11) is 0. The zero-order valence-corrected chi connectivity index (χ0v) is 12.8. The van der Waals surface area contributed by atoms with E-state index in [0.29, 0.717) is 5.92 Å². The standard InChI is InChI=1S/C16H15F3N4O/c17-16(18,19)15-8-14(2-1-12(15)9-20)23-10-13(21-22-23)7-11-3-5-24-6-4-11/h1-2,8,10-11H,3-7H2. The van der Waals surface area contributed by atoms with Gasteiger partial charge in [-0.1, -0.05) is 5.21 Å². The van der Waals surface area contributed by atoms with E-state index in [4.69, 9.17) is 10.00 Å². The third kappa shape index (κ3) is 3.57. The van der Waals surface area contributed by atoms with Crippen LogP contribution in [0, 0.1) is 17.2 Å². The maximum Gasteiger partial charge on any atom is 0.417 e. The summed E-state index contributed by atoms with van der Waals surface area (Å²) in [5, 5.41) is 16.8. The maximum absolute atomic E-state index is 13.0. The minimum atomic E-state index is -4.59. The van der Waals surface area contributed by atoms with Crippen LogP contribution in [0.3, 0.4) is 0 Å². The van der Waals surface area contributed by atoms with E-state index in [-0.39, 0.29) is 5.69 Å². The molecule has 1 aromatic carbocycles. The number of ether oxygens (including phenoxy) is 1. The second kappa shape index (κ2) is 6.61. The smallest absolute Gasteiger partial charge is 0.381 e. The SMILES string of the molecule is N#Cc1ccc(-n2cc(CC3CCOCC3)nn2)cc1C(F)(F)F. The molecule has 1 aliphatic rings. The van der Waals surface area contributed by atoms with E-state index in [1.807, 2.05) is 0 Å². The molecule has 3 rings (SSSR count). The molecule has 0 saturated carbocycles. The Morgan fingerprint density at radius 2 is 2.04 bits per heavy atom. The Balaban J connectivity index is 1.83. The van der Waals surface area contributed by atoms with Crippen LogP contribution >= 0.6 is 0 Å². The summed E-state index contributed by atoms with van der Waals surface area (Å²) in [6, 6.07) is 5.07. The van der Waals surface area contributed by atoms with Crippen LogP contribution in [0.2, 0.25) is 0 Å². The second-order valence-electron chi connectivity index (χ2n) is 5.75. The van der Waals surface area contributed by atoms with E-state index in [0.717, 1.165) is 50.3 Å². The molecule has 5 nitrogen and oxygen atoms in total. The van der Waals surface area contributed by atoms with Crippen molar-refractivity contribution in [3.8, 4) is 11.8 Å². The number of benzene rings is 1. The number of rotatable bonds is 3. The molecule has 1 aliphatic heterocycles. The van der Waals surface area contributed by atoms with Gasteiger partial charge in [0, 0.05) is 13.2 Å². The van der Waals surface area contributed by atoms with Crippen LogP contribution in [-0.4, -0.2) is 28.2 Å². The lowest BCUT2D eigenvalue weighted by Gasteiger charge is -2.20. The molecular weight excluding hydrogens is 321 g/mol. The molecule has 0 N–H and O–H groups in total. The third-order valence-corrected chi connectivity index (χ3v) is 4.07. The highest BCUT2D eigenvalue weighted by molar-refractivity contribution is 5.47. The molecule has 1 aromatic heterocycles. The number of alkyl halides is 3. The zero-order chi connectivity index (χ0) is 17.2. The Kier molecular flexibility index (Phi) is 4.53. The Labute approximate surface area is 136 Å². The van der Waals surface area contributed by atoms with Gasteiger partial charge in [-0.05, 0) is 43.4 Å². The predicted molar refractivity (Wildman–Crippen MR) is 78.3 cm³/mol. The van der Waals surface area contributed by atoms with Crippen molar-refractivity contribution in [2.75, 3.05) is 13.2 Å². The lowest BCUT2D eigenvalue weighted by atomic mass is 9.95. The summed E-state index contributed by atoms with van der Waals surface area (Å²) in [6.07, 6.45) is -0.334. The minimum absolute atomic E-state index is 0.229. The first kappa shape index (κ1) is 16.5. The highest BCUT2D eigenvalue weighted by Gasteiger charge is 2.34. The fourth-order valence-electron chi connectivity index (χ4n) is 2.77. The fraction of sp³-hybridized carbons (Fsp3) is 0.438. The monoisotopic (exact) mass is 336 g/mol. The number of hydrogen-bond acceptors (Lipinski definition) is 4. The van der Waals surface area contributed by atoms with Gasteiger partial charge in [-0.25, -0.2) is 4.68 Å². The molecule has 1 saturated heterocycles. The highest BCUT2D eigenvalue weighted by atomic mass is 19.4. The van der Waals surface area contributed by atoms with Crippen LogP contribution in [-0.2, 0) is 17.3 Å². The van der Waals surface area contributed by atoms with E-state index >= 15 is 0 Å². The summed E-state index contributed by atoms with van der Waals surface area (Å²) in [4.78, 5) is 0. The van der Waals surface area contributed by atoms with Gasteiger partial charge in [-0.2, -0.15) is 18.4 Å². The topological polar surface area (TPSA) is 63.7 Å². The van der Waals surface area contributed by atoms with Gasteiger partial charge in [0.2, 0.25) is 0 Å². The molecule has 8 heteroatoms. The van der Waals surface area contributed by atoms with Crippen molar-refractivity contribution in [1.29, 1.82) is 5.26 Å². The van der Waals surface area contributed by atoms with E-state index in [1.54, 1.807) is 12.3 Å². The van der Waals surface area contributed by atoms with Gasteiger partial charge in [0.25, 0.3) is 0 Å². The average Bonchev–Trinajstić information content (AvgIpc) is 3.03. The van der Waals surface area contributed by atoms with Crippen LogP contribution in [0.1, 0.15) is 29.7 Å². The molecule has 0 atom stereocenters. The molecule has 24 heavy (non-hydrogen) atoms. The highest BCUT2D eigenvalue weighted by Crippen LogP contribution is 2.33. The van der Waals surface area contributed by atoms with Gasteiger partial charge >= 0.3 is 6.18 Å². The fourth-order valence-corrected chi connectivity index (χ4v) is 2.77. The number of nitriles is 1. The predicted octanol–water partition coefficient (Wildman–Crippen LogP) is 3.13. The molecule has 2 aromatic rings. The molecule has 1 fully saturated rings. The van der Waals surface area contributed by atoms with Gasteiger partial charge in [0.15, 0.2) is 0 Å². The average molecular weight is 336 g/mol. The molecule has 0 aliphatic carbocycles. The summed E-state index contributed by atoms with van der Waals surface area (Å²) >= 11 is 0. The Morgan fingerprint density at radius 3 is 2.71 bits per heavy atom. The quantitative estimate of drug-likeness (QED) is 0.864. The normalized spacial score (nSPS) is 16.1. The molecular formula is C16H15F3N4O. The molecule has 0 bridgehead atoms. The summed E-state index contributed by atoms with van der Waals surface area (Å²) < 4.78 is 45.7. The van der Waals surface area contributed by atoms with Crippen molar-refractivity contribution in [2.24, 2.45) is 5.92 Å². The van der Waals surface area contributed by atoms with Crippen molar-refractivity contribution < 1.29 is 17.9 Å². The van der Waals surface area contributed by atoms with E-state index in [1.165, 1.54) is 10.7 Å². The van der Waals surface area contributed by atoms with Crippen LogP contribution in [0.5, 0.6) is 0 Å². The molecule has 0 spiro atoms. The van der Waals surface area contributed by atoms with Gasteiger partial charge in [0.05, 0.1) is 34.8 Å². The van der Waals surface area contributed by atoms with E-state index in [9.17, 15) is 13.2 Å². The lowest BCUT2D eigenvalue weighted by Crippen LogP contribution is -2.17. The minimum Gasteiger partial charge on any atom is -0.381 e. The molecule has 0 unspecified atom stereocenters. The van der Waals surface area contributed by atoms with Crippen LogP contribution in [0.25, 0.3) is 5.69 Å². The maximum atomic E-state index is 13.0. The number of hydrogen-bond donors (Lipinski definition) is 0. The van der Waals surface area contributed by atoms with E-state index < -0.39 is 17.3 Å². The van der Waals surface area contributed by atoms with Crippen LogP contribution in [0.15, 0.2) is 24.4 Å². The van der Waals surface area contributed by atoms with Crippen molar-refractivity contribution in [1.82, 2.24) is 15.0 Å². The van der Waals surface area contributed by atoms with Gasteiger partial charge in [-0.3, -0.25) is 0 Å². The molecule has 0 radical (unpaired) electrons. The zero-order valence-electron chi connectivity index (χ0n) is 12.8. The second-order valence-corrected chi connectivity index (χ2v) is 5.75. The van der Waals surface area contributed by atoms with Crippen molar-refractivity contribution >= 4 is 0 Å². The Morgan fingerprint density at radius 1 is 1.29 bits per heavy atom. The third-order valence-electron chi connectivity index (χ3n) is 4.07. The van der Waals surface area contributed by atoms with Crippen LogP contribution in [0.4, 0.5) is 13.2 Å². The first-order valence-corrected chi connectivity index (χ1v) is 7.58. The van der Waals surface area contributed by atoms with Crippen molar-refractivity contribution in [3.05, 3.63) is 41.2 Å². The van der Waals surface area contributed by atoms with Crippen molar-refractivity contribution in [2.45, 2.75) is 25.4 Å². The first-order valence-electron chi connectivity index (χ1n) is 7.58. The van der Waals surface area contributed by atoms with Gasteiger partial charge in [0.1, 0.15) is 0 Å². The number of halogens is 3. The van der Waals surface area contributed by atoms with Gasteiger partial charge in [-0.15, -0.1) is 5.10 Å². The van der Waals surface area contributed by atoms with E-state index in [2.05, 4.69) is 10.3 Å².